The van der Waals surface area contributed by atoms with Gasteiger partial charge in [0.05, 0.1) is 10.6 Å². The zero-order valence-electron chi connectivity index (χ0n) is 17.3. The van der Waals surface area contributed by atoms with Crippen LogP contribution in [0.25, 0.3) is 6.08 Å². The van der Waals surface area contributed by atoms with Gasteiger partial charge in [0.1, 0.15) is 11.6 Å². The molecule has 172 valence electrons. The van der Waals surface area contributed by atoms with Crippen molar-refractivity contribution in [1.29, 1.82) is 5.41 Å². The van der Waals surface area contributed by atoms with Gasteiger partial charge in [-0.2, -0.15) is 0 Å². The molecule has 0 saturated carbocycles. The lowest BCUT2D eigenvalue weighted by atomic mass is 10.2. The second-order valence-electron chi connectivity index (χ2n) is 7.06. The molecule has 0 bridgehead atoms. The minimum atomic E-state index is -0.421. The van der Waals surface area contributed by atoms with Gasteiger partial charge in [-0.05, 0) is 84.6 Å². The number of hydrogen-bond acceptors (Lipinski definition) is 5. The number of halogens is 3. The minimum absolute atomic E-state index is 0.0645. The van der Waals surface area contributed by atoms with Crippen LogP contribution in [-0.4, -0.2) is 23.6 Å². The van der Waals surface area contributed by atoms with Gasteiger partial charge in [0.15, 0.2) is 11.8 Å². The van der Waals surface area contributed by atoms with Gasteiger partial charge in [-0.1, -0.05) is 27.5 Å². The van der Waals surface area contributed by atoms with Crippen molar-refractivity contribution >= 4 is 73.7 Å². The van der Waals surface area contributed by atoms with E-state index in [-0.39, 0.29) is 17.7 Å². The Morgan fingerprint density at radius 3 is 2.56 bits per heavy atom. The van der Waals surface area contributed by atoms with E-state index >= 15 is 0 Å². The Hall–Kier alpha value is -3.14. The van der Waals surface area contributed by atoms with Crippen molar-refractivity contribution in [2.24, 2.45) is 0 Å². The summed E-state index contributed by atoms with van der Waals surface area (Å²) >= 11 is 10.4. The van der Waals surface area contributed by atoms with E-state index in [4.69, 9.17) is 21.7 Å². The zero-order valence-corrected chi connectivity index (χ0v) is 20.5. The van der Waals surface area contributed by atoms with E-state index in [0.29, 0.717) is 32.6 Å². The third-order valence-corrected chi connectivity index (χ3v) is 6.29. The number of amides is 2. The number of rotatable bonds is 6. The smallest absolute Gasteiger partial charge is 0.271 e. The van der Waals surface area contributed by atoms with Gasteiger partial charge in [0.25, 0.3) is 11.8 Å². The number of amidine groups is 1. The topological polar surface area (TPSA) is 82.5 Å². The SMILES string of the molecule is N=C1S/C(=C\c2cc(Br)ccc2OCC(=O)Nc2ccc(F)cc2)C(=O)N1c1ccc(Cl)cc1. The number of hydrogen-bond donors (Lipinski definition) is 2. The number of carbonyl (C=O) groups is 2. The Kier molecular flexibility index (Phi) is 7.35. The molecule has 1 aliphatic heterocycles. The number of carbonyl (C=O) groups excluding carboxylic acids is 2. The molecule has 0 unspecified atom stereocenters. The van der Waals surface area contributed by atoms with Crippen LogP contribution in [0.1, 0.15) is 5.56 Å². The molecule has 2 amide bonds. The van der Waals surface area contributed by atoms with E-state index < -0.39 is 11.7 Å². The summed E-state index contributed by atoms with van der Waals surface area (Å²) in [6, 6.07) is 17.2. The molecule has 3 aromatic rings. The highest BCUT2D eigenvalue weighted by Gasteiger charge is 2.33. The van der Waals surface area contributed by atoms with E-state index in [1.54, 1.807) is 48.5 Å². The predicted octanol–water partition coefficient (Wildman–Crippen LogP) is 6.31. The molecule has 0 aliphatic carbocycles. The van der Waals surface area contributed by atoms with E-state index in [2.05, 4.69) is 21.2 Å². The molecule has 0 radical (unpaired) electrons. The molecular weight excluding hydrogens is 545 g/mol. The first kappa shape index (κ1) is 24.0. The molecule has 0 aromatic heterocycles. The van der Waals surface area contributed by atoms with Crippen LogP contribution < -0.4 is 15.0 Å². The largest absolute Gasteiger partial charge is 0.483 e. The van der Waals surface area contributed by atoms with Crippen molar-refractivity contribution in [3.8, 4) is 5.75 Å². The Morgan fingerprint density at radius 2 is 1.85 bits per heavy atom. The molecule has 10 heteroatoms. The lowest BCUT2D eigenvalue weighted by Gasteiger charge is -2.14. The maximum absolute atomic E-state index is 13.0. The fourth-order valence-electron chi connectivity index (χ4n) is 3.09. The van der Waals surface area contributed by atoms with E-state index in [1.807, 2.05) is 0 Å². The van der Waals surface area contributed by atoms with Crippen LogP contribution in [0.15, 0.2) is 76.1 Å². The van der Waals surface area contributed by atoms with Crippen LogP contribution in [-0.2, 0) is 9.59 Å². The van der Waals surface area contributed by atoms with Crippen molar-refractivity contribution in [3.05, 3.63) is 92.5 Å². The first-order chi connectivity index (χ1) is 16.3. The molecule has 6 nitrogen and oxygen atoms in total. The fraction of sp³-hybridized carbons (Fsp3) is 0.0417. The first-order valence-electron chi connectivity index (χ1n) is 9.86. The highest BCUT2D eigenvalue weighted by molar-refractivity contribution is 9.10. The van der Waals surface area contributed by atoms with Crippen molar-refractivity contribution in [3.63, 3.8) is 0 Å². The summed E-state index contributed by atoms with van der Waals surface area (Å²) in [6.07, 6.45) is 1.62. The van der Waals surface area contributed by atoms with Gasteiger partial charge in [-0.3, -0.25) is 19.9 Å². The van der Waals surface area contributed by atoms with Crippen LogP contribution in [0, 0.1) is 11.2 Å². The molecule has 1 fully saturated rings. The number of nitrogens with one attached hydrogen (secondary N) is 2. The summed E-state index contributed by atoms with van der Waals surface area (Å²) in [5.41, 5.74) is 1.55. The third-order valence-electron chi connectivity index (χ3n) is 4.65. The van der Waals surface area contributed by atoms with Crippen molar-refractivity contribution in [2.45, 2.75) is 0 Å². The summed E-state index contributed by atoms with van der Waals surface area (Å²) in [4.78, 5) is 26.9. The van der Waals surface area contributed by atoms with Gasteiger partial charge in [0, 0.05) is 20.7 Å². The molecule has 4 rings (SSSR count). The summed E-state index contributed by atoms with van der Waals surface area (Å²) < 4.78 is 19.5. The zero-order chi connectivity index (χ0) is 24.2. The van der Waals surface area contributed by atoms with E-state index in [1.165, 1.54) is 29.2 Å². The van der Waals surface area contributed by atoms with Crippen molar-refractivity contribution in [1.82, 2.24) is 0 Å². The first-order valence-corrected chi connectivity index (χ1v) is 11.8. The fourth-order valence-corrected chi connectivity index (χ4v) is 4.45. The molecule has 1 heterocycles. The maximum Gasteiger partial charge on any atom is 0.271 e. The van der Waals surface area contributed by atoms with Crippen LogP contribution >= 0.6 is 39.3 Å². The van der Waals surface area contributed by atoms with Crippen molar-refractivity contribution in [2.75, 3.05) is 16.8 Å². The van der Waals surface area contributed by atoms with Gasteiger partial charge < -0.3 is 10.1 Å². The standard InChI is InChI=1S/C24H16BrClFN3O3S/c25-15-1-10-20(33-13-22(31)29-18-6-4-17(27)5-7-18)14(11-15)12-21-23(32)30(24(28)34-21)19-8-2-16(26)3-9-19/h1-12,28H,13H2,(H,29,31)/b21-12-,28-24?. The van der Waals surface area contributed by atoms with Crippen LogP contribution in [0.4, 0.5) is 15.8 Å². The highest BCUT2D eigenvalue weighted by atomic mass is 79.9. The Labute approximate surface area is 212 Å². The third kappa shape index (κ3) is 5.67. The summed E-state index contributed by atoms with van der Waals surface area (Å²) in [6.45, 7) is -0.289. The molecule has 1 aliphatic rings. The summed E-state index contributed by atoms with van der Waals surface area (Å²) in [7, 11) is 0. The number of nitrogens with zero attached hydrogens (tertiary/aromatic N) is 1. The minimum Gasteiger partial charge on any atom is -0.483 e. The monoisotopic (exact) mass is 559 g/mol. The number of ether oxygens (including phenoxy) is 1. The van der Waals surface area contributed by atoms with Gasteiger partial charge >= 0.3 is 0 Å². The Morgan fingerprint density at radius 1 is 1.15 bits per heavy atom. The van der Waals surface area contributed by atoms with Crippen LogP contribution in [0.3, 0.4) is 0 Å². The second kappa shape index (κ2) is 10.4. The summed E-state index contributed by atoms with van der Waals surface area (Å²) in [5.74, 6) is -0.786. The lowest BCUT2D eigenvalue weighted by Crippen LogP contribution is -2.27. The van der Waals surface area contributed by atoms with Crippen molar-refractivity contribution < 1.29 is 18.7 Å². The predicted molar refractivity (Wildman–Crippen MR) is 137 cm³/mol. The summed E-state index contributed by atoms with van der Waals surface area (Å²) in [5, 5.41) is 11.5. The molecule has 0 spiro atoms. The van der Waals surface area contributed by atoms with Crippen LogP contribution in [0.5, 0.6) is 5.75 Å². The molecule has 1 saturated heterocycles. The highest BCUT2D eigenvalue weighted by Crippen LogP contribution is 2.37. The average Bonchev–Trinajstić information content (AvgIpc) is 3.08. The molecule has 2 N–H and O–H groups in total. The molecule has 34 heavy (non-hydrogen) atoms. The van der Waals surface area contributed by atoms with Crippen LogP contribution in [0.2, 0.25) is 5.02 Å². The number of thioether (sulfide) groups is 1. The number of anilines is 2. The van der Waals surface area contributed by atoms with Gasteiger partial charge in [-0.25, -0.2) is 4.39 Å². The molecule has 0 atom stereocenters. The molecule has 3 aromatic carbocycles. The Bertz CT molecular complexity index is 1300. The van der Waals surface area contributed by atoms with E-state index in [9.17, 15) is 14.0 Å². The normalized spacial score (nSPS) is 14.6. The number of benzene rings is 3. The average molecular weight is 561 g/mol. The second-order valence-corrected chi connectivity index (χ2v) is 9.44. The van der Waals surface area contributed by atoms with Gasteiger partial charge in [0.2, 0.25) is 0 Å². The quantitative estimate of drug-likeness (QED) is 0.346. The van der Waals surface area contributed by atoms with Gasteiger partial charge in [-0.15, -0.1) is 0 Å². The lowest BCUT2D eigenvalue weighted by molar-refractivity contribution is -0.118. The molecular formula is C24H16BrClFN3O3S. The van der Waals surface area contributed by atoms with E-state index in [0.717, 1.165) is 16.2 Å². The Balaban J connectivity index is 1.51. The maximum atomic E-state index is 13.0.